The summed E-state index contributed by atoms with van der Waals surface area (Å²) in [6.07, 6.45) is 1.83. The lowest BCUT2D eigenvalue weighted by Gasteiger charge is -2.35. The van der Waals surface area contributed by atoms with Gasteiger partial charge in [0.2, 0.25) is 5.91 Å². The zero-order valence-corrected chi connectivity index (χ0v) is 12.9. The van der Waals surface area contributed by atoms with Crippen LogP contribution in [0.1, 0.15) is 47.5 Å². The Morgan fingerprint density at radius 3 is 1.84 bits per heavy atom. The molecule has 0 radical (unpaired) electrons. The molecule has 0 rings (SSSR count). The Hall–Kier alpha value is -1.10. The minimum atomic E-state index is -1.02. The number of carbonyl (C=O) groups is 2. The van der Waals surface area contributed by atoms with Crippen LogP contribution in [0.25, 0.3) is 0 Å². The van der Waals surface area contributed by atoms with Gasteiger partial charge in [-0.2, -0.15) is 0 Å². The van der Waals surface area contributed by atoms with Crippen LogP contribution in [0.2, 0.25) is 0 Å². The Kier molecular flexibility index (Phi) is 7.68. The van der Waals surface area contributed by atoms with Crippen LogP contribution in [0.5, 0.6) is 0 Å². The molecule has 5 heteroatoms. The largest absolute Gasteiger partial charge is 0.480 e. The first-order valence-corrected chi connectivity index (χ1v) is 7.07. The van der Waals surface area contributed by atoms with E-state index < -0.39 is 11.5 Å². The lowest BCUT2D eigenvalue weighted by molar-refractivity contribution is -0.151. The van der Waals surface area contributed by atoms with Crippen molar-refractivity contribution in [2.24, 2.45) is 0 Å². The quantitative estimate of drug-likeness (QED) is 0.695. The van der Waals surface area contributed by atoms with Gasteiger partial charge >= 0.3 is 5.97 Å². The molecule has 1 N–H and O–H groups in total. The van der Waals surface area contributed by atoms with Crippen LogP contribution in [-0.2, 0) is 9.59 Å². The first kappa shape index (κ1) is 17.9. The van der Waals surface area contributed by atoms with Crippen LogP contribution in [0.3, 0.4) is 0 Å². The van der Waals surface area contributed by atoms with E-state index in [2.05, 4.69) is 0 Å². The number of nitrogens with zero attached hydrogens (tertiary/aromatic N) is 2. The van der Waals surface area contributed by atoms with Gasteiger partial charge in [-0.25, -0.2) is 0 Å². The Morgan fingerprint density at radius 1 is 1.05 bits per heavy atom. The summed E-state index contributed by atoms with van der Waals surface area (Å²) in [7, 11) is 0. The van der Waals surface area contributed by atoms with E-state index in [1.54, 1.807) is 18.7 Å². The van der Waals surface area contributed by atoms with Crippen molar-refractivity contribution in [3.05, 3.63) is 0 Å². The fraction of sp³-hybridized carbons (Fsp3) is 0.857. The summed E-state index contributed by atoms with van der Waals surface area (Å²) in [5, 5.41) is 9.23. The first-order valence-electron chi connectivity index (χ1n) is 7.07. The Labute approximate surface area is 116 Å². The summed E-state index contributed by atoms with van der Waals surface area (Å²) in [6, 6.07) is 0. The molecule has 0 aromatic carbocycles. The molecule has 0 unspecified atom stereocenters. The van der Waals surface area contributed by atoms with Crippen molar-refractivity contribution in [2.45, 2.75) is 53.0 Å². The molecule has 0 saturated carbocycles. The summed E-state index contributed by atoms with van der Waals surface area (Å²) in [5.74, 6) is -0.889. The van der Waals surface area contributed by atoms with E-state index in [9.17, 15) is 14.7 Å². The van der Waals surface area contributed by atoms with Gasteiger partial charge in [-0.05, 0) is 33.2 Å². The third kappa shape index (κ3) is 5.19. The van der Waals surface area contributed by atoms with E-state index in [4.69, 9.17) is 0 Å². The number of hydrogen-bond donors (Lipinski definition) is 1. The van der Waals surface area contributed by atoms with E-state index in [0.29, 0.717) is 6.54 Å². The maximum atomic E-state index is 12.3. The van der Waals surface area contributed by atoms with Gasteiger partial charge < -0.3 is 10.0 Å². The third-order valence-electron chi connectivity index (χ3n) is 3.36. The minimum absolute atomic E-state index is 0.0138. The van der Waals surface area contributed by atoms with Crippen LogP contribution < -0.4 is 0 Å². The molecule has 0 heterocycles. The van der Waals surface area contributed by atoms with Crippen LogP contribution in [-0.4, -0.2) is 58.5 Å². The summed E-state index contributed by atoms with van der Waals surface area (Å²) in [4.78, 5) is 27.0. The molecule has 1 amide bonds. The Balaban J connectivity index is 4.77. The molecule has 0 aliphatic heterocycles. The molecular formula is C14H28N2O3. The maximum Gasteiger partial charge on any atom is 0.323 e. The molecule has 0 bridgehead atoms. The van der Waals surface area contributed by atoms with Gasteiger partial charge in [-0.15, -0.1) is 0 Å². The first-order chi connectivity index (χ1) is 8.81. The van der Waals surface area contributed by atoms with Crippen LogP contribution in [0, 0.1) is 0 Å². The lowest BCUT2D eigenvalue weighted by Crippen LogP contribution is -2.54. The van der Waals surface area contributed by atoms with Crippen LogP contribution >= 0.6 is 0 Å². The van der Waals surface area contributed by atoms with E-state index in [1.807, 2.05) is 25.7 Å². The summed E-state index contributed by atoms with van der Waals surface area (Å²) < 4.78 is 0. The SMILES string of the molecule is CCCN(CCC)C(=O)CN(CC)C(C)(C)C(=O)O. The number of rotatable bonds is 9. The van der Waals surface area contributed by atoms with Crippen molar-refractivity contribution in [3.8, 4) is 0 Å². The maximum absolute atomic E-state index is 12.3. The number of likely N-dealkylation sites (N-methyl/N-ethyl adjacent to an activating group) is 1. The number of carboxylic acids is 1. The summed E-state index contributed by atoms with van der Waals surface area (Å²) in [6.45, 7) is 11.4. The van der Waals surface area contributed by atoms with Crippen molar-refractivity contribution in [2.75, 3.05) is 26.2 Å². The number of aliphatic carboxylic acids is 1. The smallest absolute Gasteiger partial charge is 0.323 e. The molecule has 19 heavy (non-hydrogen) atoms. The highest BCUT2D eigenvalue weighted by atomic mass is 16.4. The number of hydrogen-bond acceptors (Lipinski definition) is 3. The minimum Gasteiger partial charge on any atom is -0.480 e. The normalized spacial score (nSPS) is 11.7. The van der Waals surface area contributed by atoms with Crippen LogP contribution in [0.4, 0.5) is 0 Å². The number of amides is 1. The van der Waals surface area contributed by atoms with Gasteiger partial charge in [-0.3, -0.25) is 14.5 Å². The molecule has 0 aliphatic carbocycles. The van der Waals surface area contributed by atoms with Gasteiger partial charge in [0.25, 0.3) is 0 Å². The van der Waals surface area contributed by atoms with E-state index in [-0.39, 0.29) is 12.5 Å². The van der Waals surface area contributed by atoms with Gasteiger partial charge in [0.05, 0.1) is 6.54 Å². The second kappa shape index (κ2) is 8.15. The van der Waals surface area contributed by atoms with Gasteiger partial charge in [0, 0.05) is 13.1 Å². The third-order valence-corrected chi connectivity index (χ3v) is 3.36. The average Bonchev–Trinajstić information content (AvgIpc) is 2.34. The molecule has 0 aromatic rings. The molecule has 0 aromatic heterocycles. The lowest BCUT2D eigenvalue weighted by atomic mass is 10.0. The zero-order chi connectivity index (χ0) is 15.1. The highest BCUT2D eigenvalue weighted by molar-refractivity contribution is 5.81. The van der Waals surface area contributed by atoms with E-state index in [0.717, 1.165) is 25.9 Å². The Bertz CT molecular complexity index is 297. The predicted octanol–water partition coefficient (Wildman–Crippen LogP) is 1.82. The molecular weight excluding hydrogens is 244 g/mol. The van der Waals surface area contributed by atoms with E-state index >= 15 is 0 Å². The molecule has 0 aliphatic rings. The van der Waals surface area contributed by atoms with Crippen molar-refractivity contribution >= 4 is 11.9 Å². The van der Waals surface area contributed by atoms with E-state index in [1.165, 1.54) is 0 Å². The molecule has 5 nitrogen and oxygen atoms in total. The topological polar surface area (TPSA) is 60.9 Å². The van der Waals surface area contributed by atoms with Crippen molar-refractivity contribution in [1.29, 1.82) is 0 Å². The highest BCUT2D eigenvalue weighted by Gasteiger charge is 2.35. The standard InChI is InChI=1S/C14H28N2O3/c1-6-9-15(10-7-2)12(17)11-16(8-3)14(4,5)13(18)19/h6-11H2,1-5H3,(H,18,19). The fourth-order valence-electron chi connectivity index (χ4n) is 2.00. The second-order valence-electron chi connectivity index (χ2n) is 5.26. The zero-order valence-electron chi connectivity index (χ0n) is 12.9. The van der Waals surface area contributed by atoms with Gasteiger partial charge in [0.15, 0.2) is 0 Å². The summed E-state index contributed by atoms with van der Waals surface area (Å²) in [5.41, 5.74) is -1.02. The molecule has 112 valence electrons. The summed E-state index contributed by atoms with van der Waals surface area (Å²) >= 11 is 0. The molecule has 0 fully saturated rings. The molecule has 0 atom stereocenters. The fourth-order valence-corrected chi connectivity index (χ4v) is 2.00. The van der Waals surface area contributed by atoms with Crippen molar-refractivity contribution in [3.63, 3.8) is 0 Å². The Morgan fingerprint density at radius 2 is 1.53 bits per heavy atom. The van der Waals surface area contributed by atoms with Crippen LogP contribution in [0.15, 0.2) is 0 Å². The monoisotopic (exact) mass is 272 g/mol. The van der Waals surface area contributed by atoms with Gasteiger partial charge in [-0.1, -0.05) is 20.8 Å². The number of carbonyl (C=O) groups excluding carboxylic acids is 1. The van der Waals surface area contributed by atoms with Crippen molar-refractivity contribution < 1.29 is 14.7 Å². The highest BCUT2D eigenvalue weighted by Crippen LogP contribution is 2.14. The molecule has 0 saturated heterocycles. The number of carboxylic acid groups (broad SMARTS) is 1. The van der Waals surface area contributed by atoms with Gasteiger partial charge in [0.1, 0.15) is 5.54 Å². The second-order valence-corrected chi connectivity index (χ2v) is 5.26. The van der Waals surface area contributed by atoms with Crippen molar-refractivity contribution in [1.82, 2.24) is 9.80 Å². The average molecular weight is 272 g/mol. The predicted molar refractivity (Wildman–Crippen MR) is 76.1 cm³/mol. The molecule has 0 spiro atoms.